The van der Waals surface area contributed by atoms with Gasteiger partial charge in [0.1, 0.15) is 5.75 Å². The van der Waals surface area contributed by atoms with Crippen molar-refractivity contribution in [2.24, 2.45) is 4.99 Å². The molecule has 0 spiro atoms. The first kappa shape index (κ1) is 20.1. The number of hydrogen-bond donors (Lipinski definition) is 2. The van der Waals surface area contributed by atoms with Gasteiger partial charge in [0, 0.05) is 26.7 Å². The van der Waals surface area contributed by atoms with Crippen LogP contribution in [0.2, 0.25) is 0 Å². The minimum Gasteiger partial charge on any atom is -0.497 e. The van der Waals surface area contributed by atoms with Gasteiger partial charge in [-0.25, -0.2) is 0 Å². The first-order valence-electron chi connectivity index (χ1n) is 9.39. The topological polar surface area (TPSA) is 97.0 Å². The van der Waals surface area contributed by atoms with Gasteiger partial charge in [-0.15, -0.1) is 0 Å². The summed E-state index contributed by atoms with van der Waals surface area (Å²) in [5.41, 5.74) is 1.22. The summed E-state index contributed by atoms with van der Waals surface area (Å²) in [7, 11) is 3.42. The van der Waals surface area contributed by atoms with E-state index < -0.39 is 0 Å². The highest BCUT2D eigenvalue weighted by Crippen LogP contribution is 2.23. The van der Waals surface area contributed by atoms with Gasteiger partial charge in [0.2, 0.25) is 5.89 Å². The van der Waals surface area contributed by atoms with Crippen LogP contribution in [-0.4, -0.2) is 68.0 Å². The molecule has 1 atom stereocenters. The van der Waals surface area contributed by atoms with Crippen LogP contribution >= 0.6 is 0 Å². The van der Waals surface area contributed by atoms with Crippen LogP contribution in [0.5, 0.6) is 5.75 Å². The first-order chi connectivity index (χ1) is 13.7. The minimum atomic E-state index is 0.194. The normalized spacial score (nSPS) is 16.6. The molecule has 0 aliphatic carbocycles. The summed E-state index contributed by atoms with van der Waals surface area (Å²) in [5, 5.41) is 10.4. The second-order valence-corrected chi connectivity index (χ2v) is 6.48. The molecular weight excluding hydrogens is 360 g/mol. The summed E-state index contributed by atoms with van der Waals surface area (Å²) in [5.74, 6) is 2.68. The van der Waals surface area contributed by atoms with Gasteiger partial charge in [-0.3, -0.25) is 9.89 Å². The van der Waals surface area contributed by atoms with Crippen LogP contribution in [0, 0.1) is 6.92 Å². The van der Waals surface area contributed by atoms with Gasteiger partial charge in [-0.05, 0) is 24.6 Å². The molecule has 1 aliphatic rings. The fraction of sp³-hybridized carbons (Fsp3) is 0.526. The second-order valence-electron chi connectivity index (χ2n) is 6.48. The molecule has 9 nitrogen and oxygen atoms in total. The molecule has 1 aromatic carbocycles. The molecule has 1 unspecified atom stereocenters. The van der Waals surface area contributed by atoms with Crippen LogP contribution in [0.4, 0.5) is 0 Å². The van der Waals surface area contributed by atoms with E-state index in [1.807, 2.05) is 12.1 Å². The predicted octanol–water partition coefficient (Wildman–Crippen LogP) is 1.13. The van der Waals surface area contributed by atoms with E-state index in [1.54, 1.807) is 21.1 Å². The van der Waals surface area contributed by atoms with Gasteiger partial charge in [0.05, 0.1) is 32.9 Å². The van der Waals surface area contributed by atoms with Crippen LogP contribution in [-0.2, 0) is 11.3 Å². The summed E-state index contributed by atoms with van der Waals surface area (Å²) >= 11 is 0. The standard InChI is InChI=1S/C19H28N6O3/c1-14-23-18(28-24-14)13-22-19(20-2)21-12-17(25-8-10-27-11-9-25)15-4-6-16(26-3)7-5-15/h4-7,17H,8-13H2,1-3H3,(H2,20,21,22). The lowest BCUT2D eigenvalue weighted by atomic mass is 10.0. The molecular formula is C19H28N6O3. The number of nitrogens with zero attached hydrogens (tertiary/aromatic N) is 4. The highest BCUT2D eigenvalue weighted by molar-refractivity contribution is 5.79. The molecule has 1 saturated heterocycles. The molecule has 3 rings (SSSR count). The van der Waals surface area contributed by atoms with Gasteiger partial charge < -0.3 is 24.6 Å². The molecule has 0 amide bonds. The monoisotopic (exact) mass is 388 g/mol. The molecule has 1 fully saturated rings. The van der Waals surface area contributed by atoms with E-state index in [9.17, 15) is 0 Å². The maximum atomic E-state index is 5.52. The Morgan fingerprint density at radius 2 is 2.00 bits per heavy atom. The smallest absolute Gasteiger partial charge is 0.246 e. The Balaban J connectivity index is 1.63. The second kappa shape index (κ2) is 10.0. The van der Waals surface area contributed by atoms with Crippen LogP contribution in [0.25, 0.3) is 0 Å². The summed E-state index contributed by atoms with van der Waals surface area (Å²) < 4.78 is 15.9. The number of rotatable bonds is 7. The average molecular weight is 388 g/mol. The molecule has 2 N–H and O–H groups in total. The van der Waals surface area contributed by atoms with E-state index in [0.29, 0.717) is 30.8 Å². The molecule has 9 heteroatoms. The molecule has 152 valence electrons. The predicted molar refractivity (Wildman–Crippen MR) is 105 cm³/mol. The zero-order chi connectivity index (χ0) is 19.8. The summed E-state index contributed by atoms with van der Waals surface area (Å²) in [6.45, 7) is 6.20. The molecule has 28 heavy (non-hydrogen) atoms. The first-order valence-corrected chi connectivity index (χ1v) is 9.39. The third kappa shape index (κ3) is 5.43. The van der Waals surface area contributed by atoms with E-state index >= 15 is 0 Å². The minimum absolute atomic E-state index is 0.194. The van der Waals surface area contributed by atoms with Gasteiger partial charge >= 0.3 is 0 Å². The lowest BCUT2D eigenvalue weighted by Gasteiger charge is -2.35. The number of aliphatic imine (C=N–C) groups is 1. The highest BCUT2D eigenvalue weighted by Gasteiger charge is 2.23. The van der Waals surface area contributed by atoms with Gasteiger partial charge in [-0.1, -0.05) is 17.3 Å². The largest absolute Gasteiger partial charge is 0.497 e. The van der Waals surface area contributed by atoms with Crippen molar-refractivity contribution in [1.82, 2.24) is 25.7 Å². The Kier molecular flexibility index (Phi) is 7.21. The number of morpholine rings is 1. The SMILES string of the molecule is CN=C(NCc1nc(C)no1)NCC(c1ccc(OC)cc1)N1CCOCC1. The van der Waals surface area contributed by atoms with Crippen molar-refractivity contribution < 1.29 is 14.0 Å². The van der Waals surface area contributed by atoms with Crippen LogP contribution in [0.3, 0.4) is 0 Å². The van der Waals surface area contributed by atoms with Crippen molar-refractivity contribution in [3.05, 3.63) is 41.5 Å². The number of aryl methyl sites for hydroxylation is 1. The van der Waals surface area contributed by atoms with Crippen LogP contribution < -0.4 is 15.4 Å². The Bertz CT molecular complexity index is 755. The van der Waals surface area contributed by atoms with Crippen LogP contribution in [0.15, 0.2) is 33.8 Å². The molecule has 0 radical (unpaired) electrons. The molecule has 0 saturated carbocycles. The number of hydrogen-bond acceptors (Lipinski definition) is 7. The fourth-order valence-electron chi connectivity index (χ4n) is 3.16. The van der Waals surface area contributed by atoms with E-state index in [1.165, 1.54) is 5.56 Å². The van der Waals surface area contributed by atoms with E-state index in [0.717, 1.165) is 32.1 Å². The van der Waals surface area contributed by atoms with Crippen molar-refractivity contribution >= 4 is 5.96 Å². The zero-order valence-corrected chi connectivity index (χ0v) is 16.6. The van der Waals surface area contributed by atoms with E-state index in [2.05, 4.69) is 42.8 Å². The number of aromatic nitrogens is 2. The van der Waals surface area contributed by atoms with Crippen molar-refractivity contribution in [3.8, 4) is 5.75 Å². The third-order valence-electron chi connectivity index (χ3n) is 4.65. The van der Waals surface area contributed by atoms with E-state index in [-0.39, 0.29) is 6.04 Å². The average Bonchev–Trinajstić information content (AvgIpc) is 3.16. The van der Waals surface area contributed by atoms with Crippen molar-refractivity contribution in [1.29, 1.82) is 0 Å². The maximum absolute atomic E-state index is 5.52. The molecule has 2 heterocycles. The molecule has 1 aliphatic heterocycles. The maximum Gasteiger partial charge on any atom is 0.246 e. The van der Waals surface area contributed by atoms with E-state index in [4.69, 9.17) is 14.0 Å². The van der Waals surface area contributed by atoms with Gasteiger partial charge in [0.15, 0.2) is 11.8 Å². The Hall–Kier alpha value is -2.65. The lowest BCUT2D eigenvalue weighted by Crippen LogP contribution is -2.46. The highest BCUT2D eigenvalue weighted by atomic mass is 16.5. The fourth-order valence-corrected chi connectivity index (χ4v) is 3.16. The number of methoxy groups -OCH3 is 1. The Morgan fingerprint density at radius 1 is 1.25 bits per heavy atom. The van der Waals surface area contributed by atoms with Crippen molar-refractivity contribution in [2.75, 3.05) is 47.0 Å². The quantitative estimate of drug-likeness (QED) is 0.538. The van der Waals surface area contributed by atoms with Crippen LogP contribution in [0.1, 0.15) is 23.3 Å². The number of ether oxygens (including phenoxy) is 2. The number of benzene rings is 1. The summed E-state index contributed by atoms with van der Waals surface area (Å²) in [6, 6.07) is 8.40. The lowest BCUT2D eigenvalue weighted by molar-refractivity contribution is 0.0170. The van der Waals surface area contributed by atoms with Gasteiger partial charge in [0.25, 0.3) is 0 Å². The molecule has 2 aromatic rings. The zero-order valence-electron chi connectivity index (χ0n) is 16.6. The molecule has 0 bridgehead atoms. The third-order valence-corrected chi connectivity index (χ3v) is 4.65. The summed E-state index contributed by atoms with van der Waals surface area (Å²) in [6.07, 6.45) is 0. The van der Waals surface area contributed by atoms with Gasteiger partial charge in [-0.2, -0.15) is 4.98 Å². The molecule has 1 aromatic heterocycles. The van der Waals surface area contributed by atoms with Crippen molar-refractivity contribution in [3.63, 3.8) is 0 Å². The Labute approximate surface area is 165 Å². The Morgan fingerprint density at radius 3 is 2.61 bits per heavy atom. The summed E-state index contributed by atoms with van der Waals surface area (Å²) in [4.78, 5) is 10.9. The number of guanidine groups is 1. The number of nitrogens with one attached hydrogen (secondary N) is 2. The van der Waals surface area contributed by atoms with Crippen molar-refractivity contribution in [2.45, 2.75) is 19.5 Å².